The highest BCUT2D eigenvalue weighted by Gasteiger charge is 2.53. The Morgan fingerprint density at radius 1 is 0.529 bits per heavy atom. The zero-order valence-corrected chi connectivity index (χ0v) is 38.4. The van der Waals surface area contributed by atoms with Gasteiger partial charge in [-0.15, -0.1) is 0 Å². The van der Waals surface area contributed by atoms with E-state index in [1.807, 2.05) is 0 Å². The van der Waals surface area contributed by atoms with Gasteiger partial charge in [0.05, 0.1) is 27.6 Å². The van der Waals surface area contributed by atoms with Gasteiger partial charge in [-0.05, 0) is 145 Å². The third kappa shape index (κ3) is 5.61. The second-order valence-corrected chi connectivity index (χ2v) is 19.4. The minimum Gasteiger partial charge on any atom is -0.460 e. The van der Waals surface area contributed by atoms with Crippen LogP contribution >= 0.6 is 0 Å². The maximum atomic E-state index is 7.53. The number of fused-ring (bicyclic) bond motifs is 17. The number of hydrogen-bond donors (Lipinski definition) is 0. The van der Waals surface area contributed by atoms with Gasteiger partial charge >= 0.3 is 0 Å². The van der Waals surface area contributed by atoms with Crippen LogP contribution in [0.4, 0.5) is 28.4 Å². The lowest BCUT2D eigenvalue weighted by molar-refractivity contribution is 0.546. The number of benzene rings is 8. The Kier molecular flexibility index (Phi) is 8.74. The molecule has 1 spiro atoms. The normalized spacial score (nSPS) is 16.2. The van der Waals surface area contributed by atoms with Crippen LogP contribution < -0.4 is 9.80 Å². The van der Waals surface area contributed by atoms with Crippen LogP contribution in [0.5, 0.6) is 0 Å². The molecule has 0 radical (unpaired) electrons. The second kappa shape index (κ2) is 15.1. The molecule has 0 saturated heterocycles. The van der Waals surface area contributed by atoms with E-state index >= 15 is 0 Å². The van der Waals surface area contributed by atoms with E-state index in [1.165, 1.54) is 55.9 Å². The van der Waals surface area contributed by atoms with E-state index in [2.05, 4.69) is 212 Å². The molecule has 328 valence electrons. The van der Waals surface area contributed by atoms with Crippen LogP contribution in [0.1, 0.15) is 81.5 Å². The summed E-state index contributed by atoms with van der Waals surface area (Å²) in [6, 6.07) is 61.5. The molecule has 0 aliphatic heterocycles. The number of para-hydroxylation sites is 2. The largest absolute Gasteiger partial charge is 0.460 e. The molecule has 8 aromatic carbocycles. The van der Waals surface area contributed by atoms with Crippen LogP contribution in [0.3, 0.4) is 0 Å². The van der Waals surface area contributed by atoms with Crippen molar-refractivity contribution in [3.8, 4) is 11.1 Å². The van der Waals surface area contributed by atoms with Crippen molar-refractivity contribution >= 4 is 67.4 Å². The van der Waals surface area contributed by atoms with Crippen LogP contribution in [-0.4, -0.2) is 6.04 Å². The molecular weight excluding hydrogens is 829 g/mol. The van der Waals surface area contributed by atoms with Crippen molar-refractivity contribution in [2.75, 3.05) is 9.80 Å². The van der Waals surface area contributed by atoms with Crippen molar-refractivity contribution in [2.45, 2.75) is 63.8 Å². The Hall–Kier alpha value is -7.82. The minimum absolute atomic E-state index is 0.248. The smallest absolute Gasteiger partial charge is 0.145 e. The van der Waals surface area contributed by atoms with Gasteiger partial charge in [-0.1, -0.05) is 133 Å². The number of hydrogen-bond acceptors (Lipinski definition) is 4. The Balaban J connectivity index is 1.21. The van der Waals surface area contributed by atoms with Crippen molar-refractivity contribution in [1.82, 2.24) is 0 Å². The molecule has 4 aliphatic carbocycles. The summed E-state index contributed by atoms with van der Waals surface area (Å²) < 4.78 is 15.0. The maximum absolute atomic E-state index is 7.53. The molecular formula is C64H50N2O2. The van der Waals surface area contributed by atoms with E-state index in [1.54, 1.807) is 0 Å². The van der Waals surface area contributed by atoms with Crippen molar-refractivity contribution in [1.29, 1.82) is 0 Å². The monoisotopic (exact) mass is 878 g/mol. The van der Waals surface area contributed by atoms with Gasteiger partial charge in [0, 0.05) is 51.6 Å². The third-order valence-corrected chi connectivity index (χ3v) is 15.5. The molecule has 0 saturated carbocycles. The molecule has 10 aromatic rings. The highest BCUT2D eigenvalue weighted by Crippen LogP contribution is 2.66. The summed E-state index contributed by atoms with van der Waals surface area (Å²) in [5.41, 5.74) is 21.3. The predicted molar refractivity (Wildman–Crippen MR) is 280 cm³/mol. The molecule has 1 atom stereocenters. The summed E-state index contributed by atoms with van der Waals surface area (Å²) in [4.78, 5) is 5.15. The second-order valence-electron chi connectivity index (χ2n) is 19.4. The molecule has 2 heterocycles. The SMILES string of the molecule is Cc1cccc(N(c2ccccc2)c2cc3c(c4oc5c(c24)C=CCC5)-c2c(cc(N(c4cccc(C)c4)C4CC=CCC4)c4c2oc2ccccc24)C32c3ccccc3Cc3ccccc32)c1. The van der Waals surface area contributed by atoms with E-state index in [4.69, 9.17) is 8.83 Å². The number of allylic oxidation sites excluding steroid dienone is 2. The summed E-state index contributed by atoms with van der Waals surface area (Å²) in [7, 11) is 0. The predicted octanol–water partition coefficient (Wildman–Crippen LogP) is 16.9. The van der Waals surface area contributed by atoms with Gasteiger partial charge in [0.25, 0.3) is 0 Å². The molecule has 4 nitrogen and oxygen atoms in total. The number of rotatable bonds is 6. The number of anilines is 5. The van der Waals surface area contributed by atoms with Crippen LogP contribution in [-0.2, 0) is 18.3 Å². The molecule has 14 rings (SSSR count). The Bertz CT molecular complexity index is 3710. The van der Waals surface area contributed by atoms with Crippen molar-refractivity contribution in [3.05, 3.63) is 238 Å². The molecule has 0 amide bonds. The quantitative estimate of drug-likeness (QED) is 0.156. The van der Waals surface area contributed by atoms with Gasteiger partial charge < -0.3 is 18.6 Å². The average Bonchev–Trinajstić information content (AvgIpc) is 4.05. The van der Waals surface area contributed by atoms with E-state index < -0.39 is 5.41 Å². The molecule has 0 N–H and O–H groups in total. The topological polar surface area (TPSA) is 32.8 Å². The van der Waals surface area contributed by atoms with Crippen LogP contribution in [0.2, 0.25) is 0 Å². The molecule has 2 aromatic heterocycles. The lowest BCUT2D eigenvalue weighted by Crippen LogP contribution is -2.35. The van der Waals surface area contributed by atoms with Crippen molar-refractivity contribution in [3.63, 3.8) is 0 Å². The first kappa shape index (κ1) is 39.4. The molecule has 0 fully saturated rings. The summed E-state index contributed by atoms with van der Waals surface area (Å²) >= 11 is 0. The van der Waals surface area contributed by atoms with Crippen molar-refractivity contribution in [2.24, 2.45) is 0 Å². The first-order chi connectivity index (χ1) is 33.6. The fraction of sp³-hybridized carbons (Fsp3) is 0.156. The highest BCUT2D eigenvalue weighted by molar-refractivity contribution is 6.22. The lowest BCUT2D eigenvalue weighted by Gasteiger charge is -2.41. The van der Waals surface area contributed by atoms with E-state index in [9.17, 15) is 0 Å². The van der Waals surface area contributed by atoms with Crippen molar-refractivity contribution < 1.29 is 8.83 Å². The van der Waals surface area contributed by atoms with Gasteiger partial charge in [0.2, 0.25) is 0 Å². The Morgan fingerprint density at radius 2 is 1.18 bits per heavy atom. The highest BCUT2D eigenvalue weighted by atomic mass is 16.3. The van der Waals surface area contributed by atoms with Crippen LogP contribution in [0.25, 0.3) is 50.1 Å². The lowest BCUT2D eigenvalue weighted by atomic mass is 9.61. The maximum Gasteiger partial charge on any atom is 0.145 e. The van der Waals surface area contributed by atoms with Crippen LogP contribution in [0, 0.1) is 13.8 Å². The number of nitrogens with zero attached hydrogens (tertiary/aromatic N) is 2. The van der Waals surface area contributed by atoms with Gasteiger partial charge in [-0.2, -0.15) is 0 Å². The van der Waals surface area contributed by atoms with Gasteiger partial charge in [0.1, 0.15) is 22.5 Å². The van der Waals surface area contributed by atoms with E-state index in [0.717, 1.165) is 111 Å². The molecule has 68 heavy (non-hydrogen) atoms. The average molecular weight is 879 g/mol. The number of furan rings is 2. The Labute approximate surface area is 397 Å². The first-order valence-corrected chi connectivity index (χ1v) is 24.4. The molecule has 1 unspecified atom stereocenters. The fourth-order valence-corrected chi connectivity index (χ4v) is 12.7. The fourth-order valence-electron chi connectivity index (χ4n) is 12.7. The van der Waals surface area contributed by atoms with Gasteiger partial charge in [-0.25, -0.2) is 0 Å². The Morgan fingerprint density at radius 3 is 1.91 bits per heavy atom. The molecule has 4 heteroatoms. The van der Waals surface area contributed by atoms with E-state index in [0.29, 0.717) is 0 Å². The summed E-state index contributed by atoms with van der Waals surface area (Å²) in [5.74, 6) is 1.04. The molecule has 0 bridgehead atoms. The summed E-state index contributed by atoms with van der Waals surface area (Å²) in [6.07, 6.45) is 15.1. The minimum atomic E-state index is -0.732. The summed E-state index contributed by atoms with van der Waals surface area (Å²) in [5, 5.41) is 3.40. The standard InChI is InChI=1S/C64H50N2O2/c1-40-19-17-27-46(35-40)65(44-23-5-3-6-24-44)54-38-52-60(62-58(54)48-29-11-15-33-56(48)67-62)61-53(64(52)50-31-13-9-21-42(50)37-43-22-10-14-32-51(43)64)39-55(59-49-30-12-16-34-57(49)68-63(59)61)66(45-25-7-4-8-26-45)47-28-18-20-41(2)36-47/h3-7,9-14,16-24,27-32,34-36,38-39,45H,8,15,25-26,33,37H2,1-2H3. The molecule has 4 aliphatic rings. The summed E-state index contributed by atoms with van der Waals surface area (Å²) in [6.45, 7) is 4.40. The first-order valence-electron chi connectivity index (χ1n) is 24.4. The third-order valence-electron chi connectivity index (χ3n) is 15.5. The zero-order chi connectivity index (χ0) is 45.1. The van der Waals surface area contributed by atoms with E-state index in [-0.39, 0.29) is 6.04 Å². The number of aryl methyl sites for hydroxylation is 3. The van der Waals surface area contributed by atoms with Crippen LogP contribution in [0.15, 0.2) is 191 Å². The zero-order valence-electron chi connectivity index (χ0n) is 38.4. The van der Waals surface area contributed by atoms with Gasteiger partial charge in [0.15, 0.2) is 0 Å². The van der Waals surface area contributed by atoms with Gasteiger partial charge in [-0.3, -0.25) is 0 Å².